The third-order valence-corrected chi connectivity index (χ3v) is 3.23. The summed E-state index contributed by atoms with van der Waals surface area (Å²) in [7, 11) is 1.88. The first kappa shape index (κ1) is 16.8. The van der Waals surface area contributed by atoms with Crippen LogP contribution in [-0.2, 0) is 11.3 Å². The molecule has 5 heteroatoms. The highest BCUT2D eigenvalue weighted by Crippen LogP contribution is 2.23. The second kappa shape index (κ2) is 8.12. The Hall–Kier alpha value is -1.26. The minimum atomic E-state index is 0.00958. The Morgan fingerprint density at radius 2 is 2.10 bits per heavy atom. The molecule has 0 bridgehead atoms. The van der Waals surface area contributed by atoms with E-state index in [9.17, 15) is 4.79 Å². The number of anilines is 1. The number of nitrogens with one attached hydrogen (secondary N) is 2. The van der Waals surface area contributed by atoms with E-state index < -0.39 is 0 Å². The lowest BCUT2D eigenvalue weighted by Gasteiger charge is -2.20. The minimum Gasteiger partial charge on any atom is -0.365 e. The summed E-state index contributed by atoms with van der Waals surface area (Å²) in [4.78, 5) is 13.6. The summed E-state index contributed by atoms with van der Waals surface area (Å²) in [6.07, 6.45) is 0. The van der Waals surface area contributed by atoms with Crippen LogP contribution >= 0.6 is 11.6 Å². The average molecular weight is 298 g/mol. The SMILES string of the molecule is CCNCc1ccc(N(C)CC(=O)NC(C)C)cc1Cl. The minimum absolute atomic E-state index is 0.00958. The molecule has 0 aliphatic heterocycles. The number of amides is 1. The van der Waals surface area contributed by atoms with Crippen molar-refractivity contribution in [2.24, 2.45) is 0 Å². The number of nitrogens with zero attached hydrogens (tertiary/aromatic N) is 1. The highest BCUT2D eigenvalue weighted by atomic mass is 35.5. The van der Waals surface area contributed by atoms with E-state index in [2.05, 4.69) is 17.6 Å². The van der Waals surface area contributed by atoms with Crippen molar-refractivity contribution in [3.8, 4) is 0 Å². The standard InChI is InChI=1S/C15H24ClN3O/c1-5-17-9-12-6-7-13(8-14(12)16)19(4)10-15(20)18-11(2)3/h6-8,11,17H,5,9-10H2,1-4H3,(H,18,20). The summed E-state index contributed by atoms with van der Waals surface area (Å²) in [5.41, 5.74) is 2.01. The molecular formula is C15H24ClN3O. The van der Waals surface area contributed by atoms with Gasteiger partial charge in [0.05, 0.1) is 6.54 Å². The van der Waals surface area contributed by atoms with Gasteiger partial charge in [-0.15, -0.1) is 0 Å². The molecule has 4 nitrogen and oxygen atoms in total. The van der Waals surface area contributed by atoms with E-state index >= 15 is 0 Å². The fraction of sp³-hybridized carbons (Fsp3) is 0.533. The van der Waals surface area contributed by atoms with Crippen molar-refractivity contribution < 1.29 is 4.79 Å². The zero-order valence-electron chi connectivity index (χ0n) is 12.7. The van der Waals surface area contributed by atoms with Crippen molar-refractivity contribution in [1.29, 1.82) is 0 Å². The van der Waals surface area contributed by atoms with Gasteiger partial charge in [0.25, 0.3) is 0 Å². The van der Waals surface area contributed by atoms with Crippen LogP contribution in [0.1, 0.15) is 26.3 Å². The van der Waals surface area contributed by atoms with Gasteiger partial charge in [0.1, 0.15) is 0 Å². The van der Waals surface area contributed by atoms with Gasteiger partial charge < -0.3 is 15.5 Å². The largest absolute Gasteiger partial charge is 0.365 e. The first-order valence-electron chi connectivity index (χ1n) is 6.93. The summed E-state index contributed by atoms with van der Waals surface area (Å²) >= 11 is 6.26. The monoisotopic (exact) mass is 297 g/mol. The van der Waals surface area contributed by atoms with Gasteiger partial charge in [-0.2, -0.15) is 0 Å². The van der Waals surface area contributed by atoms with Crippen LogP contribution in [0.25, 0.3) is 0 Å². The van der Waals surface area contributed by atoms with Crippen LogP contribution < -0.4 is 15.5 Å². The molecule has 1 aromatic carbocycles. The summed E-state index contributed by atoms with van der Waals surface area (Å²) in [5, 5.41) is 6.84. The normalized spacial score (nSPS) is 10.7. The summed E-state index contributed by atoms with van der Waals surface area (Å²) in [5.74, 6) is 0.00958. The smallest absolute Gasteiger partial charge is 0.239 e. The lowest BCUT2D eigenvalue weighted by atomic mass is 10.2. The van der Waals surface area contributed by atoms with Crippen LogP contribution in [0.5, 0.6) is 0 Å². The third kappa shape index (κ3) is 5.39. The van der Waals surface area contributed by atoms with Crippen LogP contribution in [0.3, 0.4) is 0 Å². The number of rotatable bonds is 7. The van der Waals surface area contributed by atoms with Crippen molar-refractivity contribution >= 4 is 23.2 Å². The molecule has 0 aliphatic rings. The summed E-state index contributed by atoms with van der Waals surface area (Å²) in [6, 6.07) is 6.04. The van der Waals surface area contributed by atoms with Crippen molar-refractivity contribution in [1.82, 2.24) is 10.6 Å². The lowest BCUT2D eigenvalue weighted by Crippen LogP contribution is -2.38. The molecule has 112 valence electrons. The maximum Gasteiger partial charge on any atom is 0.239 e. The van der Waals surface area contributed by atoms with Gasteiger partial charge in [0, 0.05) is 30.3 Å². The second-order valence-corrected chi connectivity index (χ2v) is 5.54. The molecule has 0 fully saturated rings. The molecule has 20 heavy (non-hydrogen) atoms. The molecule has 1 amide bonds. The molecule has 0 unspecified atom stereocenters. The zero-order valence-corrected chi connectivity index (χ0v) is 13.4. The molecule has 1 aromatic rings. The molecule has 1 rings (SSSR count). The van der Waals surface area contributed by atoms with Crippen LogP contribution in [0, 0.1) is 0 Å². The predicted octanol–water partition coefficient (Wildman–Crippen LogP) is 2.41. The van der Waals surface area contributed by atoms with Crippen LogP contribution in [0.15, 0.2) is 18.2 Å². The third-order valence-electron chi connectivity index (χ3n) is 2.87. The van der Waals surface area contributed by atoms with Crippen LogP contribution in [0.4, 0.5) is 5.69 Å². The quantitative estimate of drug-likeness (QED) is 0.812. The molecular weight excluding hydrogens is 274 g/mol. The van der Waals surface area contributed by atoms with Gasteiger partial charge >= 0.3 is 0 Å². The molecule has 0 heterocycles. The van der Waals surface area contributed by atoms with E-state index in [1.54, 1.807) is 0 Å². The molecule has 0 aromatic heterocycles. The Morgan fingerprint density at radius 1 is 1.40 bits per heavy atom. The Bertz CT molecular complexity index is 449. The molecule has 2 N–H and O–H groups in total. The Morgan fingerprint density at radius 3 is 2.65 bits per heavy atom. The van der Waals surface area contributed by atoms with E-state index in [1.165, 1.54) is 0 Å². The van der Waals surface area contributed by atoms with Crippen LogP contribution in [0.2, 0.25) is 5.02 Å². The van der Waals surface area contributed by atoms with Crippen molar-refractivity contribution in [2.75, 3.05) is 25.0 Å². The van der Waals surface area contributed by atoms with Crippen LogP contribution in [-0.4, -0.2) is 32.1 Å². The fourth-order valence-electron chi connectivity index (χ4n) is 1.85. The highest BCUT2D eigenvalue weighted by molar-refractivity contribution is 6.31. The maximum atomic E-state index is 11.7. The van der Waals surface area contributed by atoms with Gasteiger partial charge in [-0.3, -0.25) is 4.79 Å². The highest BCUT2D eigenvalue weighted by Gasteiger charge is 2.10. The topological polar surface area (TPSA) is 44.4 Å². The number of carbonyl (C=O) groups excluding carboxylic acids is 1. The van der Waals surface area contributed by atoms with E-state index in [0.717, 1.165) is 29.4 Å². The van der Waals surface area contributed by atoms with Gasteiger partial charge in [-0.25, -0.2) is 0 Å². The number of benzene rings is 1. The molecule has 0 spiro atoms. The summed E-state index contributed by atoms with van der Waals surface area (Å²) < 4.78 is 0. The van der Waals surface area contributed by atoms with Crippen molar-refractivity contribution in [3.63, 3.8) is 0 Å². The number of halogens is 1. The Kier molecular flexibility index (Phi) is 6.82. The number of hydrogen-bond acceptors (Lipinski definition) is 3. The first-order valence-corrected chi connectivity index (χ1v) is 7.31. The fourth-order valence-corrected chi connectivity index (χ4v) is 2.09. The maximum absolute atomic E-state index is 11.7. The zero-order chi connectivity index (χ0) is 15.1. The predicted molar refractivity (Wildman–Crippen MR) is 85.4 cm³/mol. The second-order valence-electron chi connectivity index (χ2n) is 5.13. The van der Waals surface area contributed by atoms with Crippen molar-refractivity contribution in [3.05, 3.63) is 28.8 Å². The van der Waals surface area contributed by atoms with Crippen molar-refractivity contribution in [2.45, 2.75) is 33.4 Å². The van der Waals surface area contributed by atoms with E-state index in [1.807, 2.05) is 44.0 Å². The van der Waals surface area contributed by atoms with Gasteiger partial charge in [0.15, 0.2) is 0 Å². The molecule has 0 aliphatic carbocycles. The lowest BCUT2D eigenvalue weighted by molar-refractivity contribution is -0.120. The van der Waals surface area contributed by atoms with E-state index in [4.69, 9.17) is 11.6 Å². The number of carbonyl (C=O) groups is 1. The molecule has 0 atom stereocenters. The average Bonchev–Trinajstić information content (AvgIpc) is 2.36. The Balaban J connectivity index is 2.67. The van der Waals surface area contributed by atoms with Gasteiger partial charge in [-0.1, -0.05) is 24.6 Å². The van der Waals surface area contributed by atoms with Gasteiger partial charge in [0.2, 0.25) is 5.91 Å². The van der Waals surface area contributed by atoms with Gasteiger partial charge in [-0.05, 0) is 38.1 Å². The first-order chi connectivity index (χ1) is 9.43. The summed E-state index contributed by atoms with van der Waals surface area (Å²) in [6.45, 7) is 7.94. The number of likely N-dealkylation sites (N-methyl/N-ethyl adjacent to an activating group) is 1. The molecule has 0 saturated carbocycles. The van der Waals surface area contributed by atoms with E-state index in [-0.39, 0.29) is 11.9 Å². The molecule has 0 radical (unpaired) electrons. The number of hydrogen-bond donors (Lipinski definition) is 2. The molecule has 0 saturated heterocycles. The Labute approximate surface area is 126 Å². The van der Waals surface area contributed by atoms with E-state index in [0.29, 0.717) is 6.54 Å².